The van der Waals surface area contributed by atoms with Crippen LogP contribution in [0.4, 0.5) is 5.69 Å². The normalized spacial score (nSPS) is 12.6. The third kappa shape index (κ3) is 9.23. The van der Waals surface area contributed by atoms with Crippen molar-refractivity contribution in [3.63, 3.8) is 0 Å². The lowest BCUT2D eigenvalue weighted by Crippen LogP contribution is -2.54. The maximum Gasteiger partial charge on any atom is 0.264 e. The van der Waals surface area contributed by atoms with Gasteiger partial charge in [0.1, 0.15) is 12.6 Å². The summed E-state index contributed by atoms with van der Waals surface area (Å²) in [4.78, 5) is 29.7. The third-order valence-electron chi connectivity index (χ3n) is 7.31. The largest absolute Gasteiger partial charge is 0.352 e. The molecular weight excluding hydrogens is 653 g/mol. The summed E-state index contributed by atoms with van der Waals surface area (Å²) in [5.74, 6) is -0.923. The zero-order valence-electron chi connectivity index (χ0n) is 24.9. The van der Waals surface area contributed by atoms with Gasteiger partial charge in [-0.25, -0.2) is 8.42 Å². The van der Waals surface area contributed by atoms with Crippen molar-refractivity contribution < 1.29 is 18.0 Å². The number of carbonyl (C=O) groups excluding carboxylic acids is 2. The summed E-state index contributed by atoms with van der Waals surface area (Å²) in [5.41, 5.74) is 1.76. The summed E-state index contributed by atoms with van der Waals surface area (Å²) < 4.78 is 29.1. The molecule has 7 nitrogen and oxygen atoms in total. The predicted molar refractivity (Wildman–Crippen MR) is 181 cm³/mol. The van der Waals surface area contributed by atoms with Crippen molar-refractivity contribution in [3.8, 4) is 0 Å². The van der Waals surface area contributed by atoms with E-state index < -0.39 is 28.5 Å². The Morgan fingerprint density at radius 2 is 1.40 bits per heavy atom. The van der Waals surface area contributed by atoms with Gasteiger partial charge in [-0.2, -0.15) is 0 Å². The molecule has 45 heavy (non-hydrogen) atoms. The van der Waals surface area contributed by atoms with Crippen LogP contribution < -0.4 is 9.62 Å². The minimum Gasteiger partial charge on any atom is -0.352 e. The molecule has 2 amide bonds. The van der Waals surface area contributed by atoms with E-state index in [1.165, 1.54) is 35.2 Å². The molecule has 0 radical (unpaired) electrons. The summed E-state index contributed by atoms with van der Waals surface area (Å²) in [6, 6.07) is 27.2. The average molecular weight is 687 g/mol. The molecule has 236 valence electrons. The van der Waals surface area contributed by atoms with E-state index in [-0.39, 0.29) is 35.5 Å². The van der Waals surface area contributed by atoms with Crippen LogP contribution in [0, 0.1) is 0 Å². The predicted octanol–water partition coefficient (Wildman–Crippen LogP) is 7.40. The van der Waals surface area contributed by atoms with E-state index in [1.807, 2.05) is 44.2 Å². The fourth-order valence-electron chi connectivity index (χ4n) is 4.68. The third-order valence-corrected chi connectivity index (χ3v) is 9.84. The maximum absolute atomic E-state index is 14.5. The van der Waals surface area contributed by atoms with Gasteiger partial charge in [0, 0.05) is 34.1 Å². The second-order valence-electron chi connectivity index (χ2n) is 10.6. The number of halogens is 3. The summed E-state index contributed by atoms with van der Waals surface area (Å²) >= 11 is 18.4. The van der Waals surface area contributed by atoms with Gasteiger partial charge in [-0.3, -0.25) is 13.9 Å². The Kier molecular flexibility index (Phi) is 11.9. The molecular formula is C34H34Cl3N3O4S. The molecule has 11 heteroatoms. The molecule has 4 aromatic carbocycles. The molecule has 0 saturated carbocycles. The van der Waals surface area contributed by atoms with Crippen LogP contribution in [-0.4, -0.2) is 43.8 Å². The van der Waals surface area contributed by atoms with Gasteiger partial charge in [0.05, 0.1) is 10.6 Å². The molecule has 0 fully saturated rings. The number of nitrogens with one attached hydrogen (secondary N) is 1. The maximum atomic E-state index is 14.5. The molecule has 0 bridgehead atoms. The van der Waals surface area contributed by atoms with E-state index in [4.69, 9.17) is 34.8 Å². The summed E-state index contributed by atoms with van der Waals surface area (Å²) in [6.07, 6.45) is 0.903. The van der Waals surface area contributed by atoms with E-state index in [1.54, 1.807) is 42.5 Å². The molecule has 0 saturated heterocycles. The van der Waals surface area contributed by atoms with Crippen LogP contribution in [0.25, 0.3) is 0 Å². The van der Waals surface area contributed by atoms with Crippen molar-refractivity contribution in [2.45, 2.75) is 50.2 Å². The van der Waals surface area contributed by atoms with Crippen LogP contribution in [0.15, 0.2) is 108 Å². The standard InChI is InChI=1S/C34H34Cl3N3O4S/c1-3-24(2)38-34(42)32(20-25-8-5-4-6-9-25)39(22-26-12-14-27(35)15-13-26)33(41)23-40(30-11-7-10-29(37)21-30)45(43,44)31-18-16-28(36)17-19-31/h4-19,21,24,32H,3,20,22-23H2,1-2H3,(H,38,42)/t24-,32-/m0/s1. The molecule has 0 aliphatic heterocycles. The molecule has 0 aliphatic rings. The number of hydrogen-bond donors (Lipinski definition) is 1. The summed E-state index contributed by atoms with van der Waals surface area (Å²) in [5, 5.41) is 4.20. The molecule has 0 unspecified atom stereocenters. The van der Waals surface area contributed by atoms with Gasteiger partial charge in [0.25, 0.3) is 10.0 Å². The highest BCUT2D eigenvalue weighted by molar-refractivity contribution is 7.92. The Labute approximate surface area is 279 Å². The van der Waals surface area contributed by atoms with Gasteiger partial charge < -0.3 is 10.2 Å². The zero-order chi connectivity index (χ0) is 32.6. The van der Waals surface area contributed by atoms with Crippen molar-refractivity contribution in [2.75, 3.05) is 10.8 Å². The number of sulfonamides is 1. The second-order valence-corrected chi connectivity index (χ2v) is 13.8. The summed E-state index contributed by atoms with van der Waals surface area (Å²) in [7, 11) is -4.27. The minimum atomic E-state index is -4.27. The van der Waals surface area contributed by atoms with Gasteiger partial charge >= 0.3 is 0 Å². The molecule has 1 N–H and O–H groups in total. The van der Waals surface area contributed by atoms with Crippen molar-refractivity contribution >= 4 is 62.3 Å². The van der Waals surface area contributed by atoms with Crippen molar-refractivity contribution in [1.29, 1.82) is 0 Å². The smallest absolute Gasteiger partial charge is 0.264 e. The first-order valence-electron chi connectivity index (χ1n) is 14.4. The molecule has 0 heterocycles. The monoisotopic (exact) mass is 685 g/mol. The number of amides is 2. The SMILES string of the molecule is CC[C@H](C)NC(=O)[C@H](Cc1ccccc1)N(Cc1ccc(Cl)cc1)C(=O)CN(c1cccc(Cl)c1)S(=O)(=O)c1ccc(Cl)cc1. The fraction of sp³-hybridized carbons (Fsp3) is 0.235. The van der Waals surface area contributed by atoms with Crippen LogP contribution in [0.2, 0.25) is 15.1 Å². The van der Waals surface area contributed by atoms with Crippen LogP contribution in [0.3, 0.4) is 0 Å². The van der Waals surface area contributed by atoms with E-state index in [9.17, 15) is 18.0 Å². The van der Waals surface area contributed by atoms with Gasteiger partial charge in [-0.15, -0.1) is 0 Å². The molecule has 0 aromatic heterocycles. The van der Waals surface area contributed by atoms with Gasteiger partial charge in [-0.05, 0) is 79.1 Å². The highest BCUT2D eigenvalue weighted by Crippen LogP contribution is 2.28. The second kappa shape index (κ2) is 15.6. The fourth-order valence-corrected chi connectivity index (χ4v) is 6.52. The first-order valence-corrected chi connectivity index (χ1v) is 17.0. The van der Waals surface area contributed by atoms with Crippen LogP contribution in [0.1, 0.15) is 31.4 Å². The van der Waals surface area contributed by atoms with Crippen molar-refractivity contribution in [1.82, 2.24) is 10.2 Å². The number of rotatable bonds is 13. The molecule has 4 aromatic rings. The number of anilines is 1. The Bertz CT molecular complexity index is 1700. The summed E-state index contributed by atoms with van der Waals surface area (Å²) in [6.45, 7) is 3.28. The molecule has 4 rings (SSSR count). The topological polar surface area (TPSA) is 86.8 Å². The number of nitrogens with zero attached hydrogens (tertiary/aromatic N) is 2. The number of carbonyl (C=O) groups is 2. The first kappa shape index (κ1) is 34.3. The van der Waals surface area contributed by atoms with Crippen molar-refractivity contribution in [2.24, 2.45) is 0 Å². The zero-order valence-corrected chi connectivity index (χ0v) is 28.0. The van der Waals surface area contributed by atoms with E-state index in [2.05, 4.69) is 5.32 Å². The lowest BCUT2D eigenvalue weighted by Gasteiger charge is -2.34. The van der Waals surface area contributed by atoms with Gasteiger partial charge in [0.15, 0.2) is 0 Å². The van der Waals surface area contributed by atoms with Gasteiger partial charge in [0.2, 0.25) is 11.8 Å². The molecule has 2 atom stereocenters. The van der Waals surface area contributed by atoms with Crippen LogP contribution in [-0.2, 0) is 32.6 Å². The molecule has 0 spiro atoms. The Morgan fingerprint density at radius 3 is 2.00 bits per heavy atom. The highest BCUT2D eigenvalue weighted by atomic mass is 35.5. The van der Waals surface area contributed by atoms with Crippen LogP contribution in [0.5, 0.6) is 0 Å². The van der Waals surface area contributed by atoms with E-state index in [0.717, 1.165) is 15.4 Å². The highest BCUT2D eigenvalue weighted by Gasteiger charge is 2.35. The van der Waals surface area contributed by atoms with E-state index >= 15 is 0 Å². The van der Waals surface area contributed by atoms with Crippen LogP contribution >= 0.6 is 34.8 Å². The van der Waals surface area contributed by atoms with Gasteiger partial charge in [-0.1, -0.05) is 90.3 Å². The Morgan fingerprint density at radius 1 is 0.778 bits per heavy atom. The Balaban J connectivity index is 1.80. The average Bonchev–Trinajstić information content (AvgIpc) is 3.02. The van der Waals surface area contributed by atoms with E-state index in [0.29, 0.717) is 21.5 Å². The number of benzene rings is 4. The first-order chi connectivity index (χ1) is 21.5. The number of hydrogen-bond acceptors (Lipinski definition) is 4. The quantitative estimate of drug-likeness (QED) is 0.159. The van der Waals surface area contributed by atoms with Crippen molar-refractivity contribution in [3.05, 3.63) is 129 Å². The Hall–Kier alpha value is -3.56. The minimum absolute atomic E-state index is 0.0335. The molecule has 0 aliphatic carbocycles. The lowest BCUT2D eigenvalue weighted by atomic mass is 10.0. The lowest BCUT2D eigenvalue weighted by molar-refractivity contribution is -0.140.